The Balaban J connectivity index is 1.20. The Labute approximate surface area is 270 Å². The first-order chi connectivity index (χ1) is 21.3. The Bertz CT molecular complexity index is 1400. The van der Waals surface area contributed by atoms with Crippen molar-refractivity contribution in [2.24, 2.45) is 45.8 Å². The molecule has 5 aliphatic rings. The molecule has 5 saturated carbocycles. The summed E-state index contributed by atoms with van der Waals surface area (Å²) in [7, 11) is 1.56. The van der Waals surface area contributed by atoms with Crippen LogP contribution >= 0.6 is 11.6 Å². The number of hydrogen-bond acceptors (Lipinski definition) is 7. The monoisotopic (exact) mass is 639 g/mol. The lowest BCUT2D eigenvalue weighted by molar-refractivity contribution is -0.213. The zero-order valence-corrected chi connectivity index (χ0v) is 27.3. The molecular formula is C36H46ClNO7. The number of carbonyl (C=O) groups is 4. The topological polar surface area (TPSA) is 130 Å². The fourth-order valence-electron chi connectivity index (χ4n) is 10.4. The smallest absolute Gasteiger partial charge is 0.251 e. The molecule has 0 aromatic heterocycles. The largest absolute Gasteiger partial charge is 0.390 e. The molecular weight excluding hydrogens is 594 g/mol. The van der Waals surface area contributed by atoms with Gasteiger partial charge in [0.1, 0.15) is 11.2 Å². The van der Waals surface area contributed by atoms with Gasteiger partial charge < -0.3 is 20.3 Å². The van der Waals surface area contributed by atoms with E-state index in [-0.39, 0.29) is 47.7 Å². The summed E-state index contributed by atoms with van der Waals surface area (Å²) in [6.45, 7) is 8.50. The molecule has 0 spiro atoms. The van der Waals surface area contributed by atoms with Crippen molar-refractivity contribution >= 4 is 34.9 Å². The van der Waals surface area contributed by atoms with Crippen LogP contribution in [0.25, 0.3) is 0 Å². The molecule has 0 aliphatic heterocycles. The Morgan fingerprint density at radius 1 is 1.02 bits per heavy atom. The van der Waals surface area contributed by atoms with Crippen LogP contribution in [0.4, 0.5) is 0 Å². The summed E-state index contributed by atoms with van der Waals surface area (Å²) in [6.07, 6.45) is 2.48. The van der Waals surface area contributed by atoms with Crippen LogP contribution in [0.1, 0.15) is 82.0 Å². The number of hydrogen-bond donors (Lipinski definition) is 3. The van der Waals surface area contributed by atoms with Gasteiger partial charge in [0.15, 0.2) is 11.6 Å². The second-order valence-corrected chi connectivity index (χ2v) is 15.5. The lowest BCUT2D eigenvalue weighted by Crippen LogP contribution is -2.77. The highest BCUT2D eigenvalue weighted by Crippen LogP contribution is 2.72. The molecule has 0 radical (unpaired) electrons. The van der Waals surface area contributed by atoms with Gasteiger partial charge in [-0.05, 0) is 80.5 Å². The van der Waals surface area contributed by atoms with E-state index in [9.17, 15) is 29.4 Å². The van der Waals surface area contributed by atoms with Gasteiger partial charge in [0.05, 0.1) is 30.1 Å². The van der Waals surface area contributed by atoms with Gasteiger partial charge in [-0.3, -0.25) is 19.2 Å². The lowest BCUT2D eigenvalue weighted by atomic mass is 9.31. The van der Waals surface area contributed by atoms with E-state index in [1.165, 1.54) is 0 Å². The van der Waals surface area contributed by atoms with Crippen LogP contribution in [0.5, 0.6) is 0 Å². The number of allylic oxidation sites excluding steroid dienone is 1. The van der Waals surface area contributed by atoms with Crippen LogP contribution in [0, 0.1) is 45.8 Å². The second-order valence-electron chi connectivity index (χ2n) is 15.1. The van der Waals surface area contributed by atoms with Crippen molar-refractivity contribution in [3.05, 3.63) is 47.0 Å². The molecule has 5 aliphatic carbocycles. The number of halogens is 1. The predicted octanol–water partition coefficient (Wildman–Crippen LogP) is 4.73. The number of aliphatic hydroxyl groups is 2. The number of ether oxygens (including phenoxy) is 1. The summed E-state index contributed by atoms with van der Waals surface area (Å²) in [4.78, 5) is 54.7. The first kappa shape index (κ1) is 32.5. The van der Waals surface area contributed by atoms with Crippen molar-refractivity contribution in [3.8, 4) is 0 Å². The number of Topliss-reactive ketones (excluding diaryl/α,β-unsaturated/α-hetero) is 3. The molecule has 1 aromatic rings. The fourth-order valence-corrected chi connectivity index (χ4v) is 10.5. The summed E-state index contributed by atoms with van der Waals surface area (Å²) < 4.78 is 5.60. The molecule has 5 fully saturated rings. The minimum absolute atomic E-state index is 0.0499. The molecule has 9 heteroatoms. The van der Waals surface area contributed by atoms with E-state index in [2.05, 4.69) is 11.9 Å². The van der Waals surface area contributed by atoms with Gasteiger partial charge in [-0.2, -0.15) is 0 Å². The molecule has 0 saturated heterocycles. The van der Waals surface area contributed by atoms with E-state index in [4.69, 9.17) is 16.3 Å². The summed E-state index contributed by atoms with van der Waals surface area (Å²) in [6, 6.07) is 6.63. The molecule has 0 bridgehead atoms. The van der Waals surface area contributed by atoms with Crippen molar-refractivity contribution in [1.82, 2.24) is 5.32 Å². The number of benzene rings is 1. The normalized spacial score (nSPS) is 40.7. The van der Waals surface area contributed by atoms with Gasteiger partial charge >= 0.3 is 0 Å². The molecule has 6 rings (SSSR count). The third kappa shape index (κ3) is 4.80. The summed E-state index contributed by atoms with van der Waals surface area (Å²) in [5.41, 5.74) is -1.56. The van der Waals surface area contributed by atoms with Crippen molar-refractivity contribution in [3.63, 3.8) is 0 Å². The number of ketones is 3. The molecule has 0 heterocycles. The van der Waals surface area contributed by atoms with Gasteiger partial charge in [-0.25, -0.2) is 0 Å². The SMILES string of the molecule is C=C1C2CCCC3(COC)C(=O)CCC(C)(C)C3C(O)C(O)C3C(=O)C1(C(=O)C1CCC(NC(=O)c4ccc(Cl)cc4)CC1)C23. The van der Waals surface area contributed by atoms with Crippen LogP contribution in [-0.2, 0) is 19.1 Å². The number of carbonyl (C=O) groups excluding carboxylic acids is 4. The minimum Gasteiger partial charge on any atom is -0.390 e. The number of aliphatic hydroxyl groups excluding tert-OH is 2. The molecule has 244 valence electrons. The van der Waals surface area contributed by atoms with Crippen LogP contribution in [-0.4, -0.2) is 65.4 Å². The standard InChI is InChI=1S/C36H46ClNO7/c1-19-24-6-5-16-35(18-45-4)25(39)15-17-34(2,3)30(35)29(41)28(40)26-27(24)36(19,32(26)43)31(42)20-9-13-23(14-10-20)38-33(44)21-7-11-22(37)12-8-21/h7-8,11-12,20,23-24,26-30,40-41H,1,5-6,9-10,13-18H2,2-4H3,(H,38,44). The maximum Gasteiger partial charge on any atom is 0.251 e. The van der Waals surface area contributed by atoms with E-state index in [0.29, 0.717) is 73.9 Å². The highest BCUT2D eigenvalue weighted by atomic mass is 35.5. The van der Waals surface area contributed by atoms with Crippen LogP contribution in [0.2, 0.25) is 5.02 Å². The number of methoxy groups -OCH3 is 1. The van der Waals surface area contributed by atoms with Gasteiger partial charge in [0.2, 0.25) is 0 Å². The summed E-state index contributed by atoms with van der Waals surface area (Å²) in [5.74, 6) is -2.89. The number of rotatable bonds is 6. The maximum absolute atomic E-state index is 14.3. The van der Waals surface area contributed by atoms with E-state index < -0.39 is 46.2 Å². The summed E-state index contributed by atoms with van der Waals surface area (Å²) in [5, 5.41) is 27.2. The second kappa shape index (κ2) is 11.7. The average molecular weight is 640 g/mol. The first-order valence-electron chi connectivity index (χ1n) is 16.5. The van der Waals surface area contributed by atoms with Crippen molar-refractivity contribution in [1.29, 1.82) is 0 Å². The number of fused-ring (bicyclic) bond motifs is 1. The van der Waals surface area contributed by atoms with Crippen LogP contribution in [0.15, 0.2) is 36.4 Å². The van der Waals surface area contributed by atoms with Crippen LogP contribution < -0.4 is 5.32 Å². The fraction of sp³-hybridized carbons (Fsp3) is 0.667. The first-order valence-corrected chi connectivity index (χ1v) is 16.9. The minimum atomic E-state index is -1.39. The molecule has 3 N–H and O–H groups in total. The summed E-state index contributed by atoms with van der Waals surface area (Å²) >= 11 is 5.95. The maximum atomic E-state index is 14.3. The molecule has 8 unspecified atom stereocenters. The molecule has 45 heavy (non-hydrogen) atoms. The Hall–Kier alpha value is -2.39. The van der Waals surface area contributed by atoms with Gasteiger partial charge in [0, 0.05) is 47.9 Å². The third-order valence-corrected chi connectivity index (χ3v) is 12.7. The van der Waals surface area contributed by atoms with Crippen molar-refractivity contribution < 1.29 is 34.1 Å². The Morgan fingerprint density at radius 2 is 1.69 bits per heavy atom. The highest BCUT2D eigenvalue weighted by molar-refractivity contribution is 6.30. The third-order valence-electron chi connectivity index (χ3n) is 12.5. The molecule has 1 amide bonds. The van der Waals surface area contributed by atoms with Gasteiger partial charge in [-0.15, -0.1) is 0 Å². The number of amides is 1. The van der Waals surface area contributed by atoms with Gasteiger partial charge in [0.25, 0.3) is 5.91 Å². The quantitative estimate of drug-likeness (QED) is 0.303. The average Bonchev–Trinajstić information content (AvgIpc) is 3.00. The zero-order chi connectivity index (χ0) is 32.5. The molecule has 8 nitrogen and oxygen atoms in total. The Kier molecular flexibility index (Phi) is 8.46. The van der Waals surface area contributed by atoms with Crippen molar-refractivity contribution in [2.45, 2.75) is 89.9 Å². The molecule has 1 aromatic carbocycles. The van der Waals surface area contributed by atoms with E-state index in [1.807, 2.05) is 13.8 Å². The van der Waals surface area contributed by atoms with E-state index in [0.717, 1.165) is 0 Å². The van der Waals surface area contributed by atoms with E-state index in [1.54, 1.807) is 31.4 Å². The van der Waals surface area contributed by atoms with Crippen LogP contribution in [0.3, 0.4) is 0 Å². The predicted molar refractivity (Wildman–Crippen MR) is 168 cm³/mol. The number of nitrogens with one attached hydrogen (secondary N) is 1. The highest BCUT2D eigenvalue weighted by Gasteiger charge is 2.79. The Morgan fingerprint density at radius 3 is 2.33 bits per heavy atom. The molecule has 8 atom stereocenters. The zero-order valence-electron chi connectivity index (χ0n) is 26.5. The van der Waals surface area contributed by atoms with Crippen molar-refractivity contribution in [2.75, 3.05) is 13.7 Å². The van der Waals surface area contributed by atoms with E-state index >= 15 is 0 Å². The van der Waals surface area contributed by atoms with Gasteiger partial charge in [-0.1, -0.05) is 44.0 Å². The lowest BCUT2D eigenvalue weighted by Gasteiger charge is -2.69.